The third kappa shape index (κ3) is 1.18. The maximum Gasteiger partial charge on any atom is 0.229 e. The lowest BCUT2D eigenvalue weighted by Crippen LogP contribution is -1.92. The van der Waals surface area contributed by atoms with Crippen molar-refractivity contribution in [3.05, 3.63) is 30.4 Å². The summed E-state index contributed by atoms with van der Waals surface area (Å²) in [6.07, 6.45) is 5.13. The van der Waals surface area contributed by atoms with Crippen molar-refractivity contribution < 1.29 is 4.42 Å². The molecular formula is C11H10N4O. The van der Waals surface area contributed by atoms with E-state index in [-0.39, 0.29) is 0 Å². The molecule has 0 bridgehead atoms. The molecule has 16 heavy (non-hydrogen) atoms. The van der Waals surface area contributed by atoms with Crippen molar-refractivity contribution in [1.29, 1.82) is 0 Å². The number of nitrogens with one attached hydrogen (secondary N) is 1. The summed E-state index contributed by atoms with van der Waals surface area (Å²) in [7, 11) is 0. The second kappa shape index (κ2) is 3.10. The van der Waals surface area contributed by atoms with Crippen LogP contribution in [0.5, 0.6) is 0 Å². The maximum atomic E-state index is 6.04. The van der Waals surface area contributed by atoms with Crippen LogP contribution in [0.1, 0.15) is 5.76 Å². The molecule has 0 spiro atoms. The van der Waals surface area contributed by atoms with Crippen molar-refractivity contribution >= 4 is 16.7 Å². The van der Waals surface area contributed by atoms with E-state index in [9.17, 15) is 0 Å². The summed E-state index contributed by atoms with van der Waals surface area (Å²) in [6.45, 7) is 1.84. The summed E-state index contributed by atoms with van der Waals surface area (Å²) in [5.74, 6) is 1.26. The number of nitrogens with zero attached hydrogens (tertiary/aromatic N) is 2. The van der Waals surface area contributed by atoms with Gasteiger partial charge in [-0.3, -0.25) is 0 Å². The Kier molecular flexibility index (Phi) is 1.73. The first-order valence-corrected chi connectivity index (χ1v) is 4.90. The molecule has 0 saturated heterocycles. The van der Waals surface area contributed by atoms with Crippen molar-refractivity contribution in [1.82, 2.24) is 15.0 Å². The monoisotopic (exact) mass is 214 g/mol. The first kappa shape index (κ1) is 8.96. The molecule has 0 fully saturated rings. The fraction of sp³-hybridized carbons (Fsp3) is 0.0909. The summed E-state index contributed by atoms with van der Waals surface area (Å²) in [5, 5.41) is 0.883. The van der Waals surface area contributed by atoms with Crippen LogP contribution < -0.4 is 5.73 Å². The highest BCUT2D eigenvalue weighted by Crippen LogP contribution is 2.29. The molecule has 3 aromatic heterocycles. The molecule has 0 aliphatic heterocycles. The highest BCUT2D eigenvalue weighted by Gasteiger charge is 2.12. The van der Waals surface area contributed by atoms with Gasteiger partial charge in [-0.15, -0.1) is 0 Å². The van der Waals surface area contributed by atoms with Crippen molar-refractivity contribution in [3.8, 4) is 11.5 Å². The van der Waals surface area contributed by atoms with Gasteiger partial charge in [0.25, 0.3) is 0 Å². The van der Waals surface area contributed by atoms with Crippen molar-refractivity contribution in [2.75, 3.05) is 5.73 Å². The largest absolute Gasteiger partial charge is 0.441 e. The SMILES string of the molecule is Cc1cnc(-c2cnc3[nH]ccc3c2N)o1. The number of aromatic amines is 1. The Morgan fingerprint density at radius 1 is 1.31 bits per heavy atom. The van der Waals surface area contributed by atoms with E-state index in [4.69, 9.17) is 10.2 Å². The number of rotatable bonds is 1. The van der Waals surface area contributed by atoms with Gasteiger partial charge in [0.05, 0.1) is 17.4 Å². The second-order valence-electron chi connectivity index (χ2n) is 3.60. The number of hydrogen-bond donors (Lipinski definition) is 2. The molecule has 0 amide bonds. The lowest BCUT2D eigenvalue weighted by atomic mass is 10.2. The van der Waals surface area contributed by atoms with Gasteiger partial charge in [-0.2, -0.15) is 0 Å². The van der Waals surface area contributed by atoms with Crippen LogP contribution in [0.15, 0.2) is 29.1 Å². The topological polar surface area (TPSA) is 80.7 Å². The molecule has 5 heteroatoms. The first-order chi connectivity index (χ1) is 7.75. The molecule has 5 nitrogen and oxygen atoms in total. The van der Waals surface area contributed by atoms with Crippen LogP contribution in [-0.2, 0) is 0 Å². The molecule has 3 rings (SSSR count). The minimum atomic E-state index is 0.505. The number of aryl methyl sites for hydroxylation is 1. The molecule has 0 aliphatic rings. The van der Waals surface area contributed by atoms with Crippen LogP contribution in [0.4, 0.5) is 5.69 Å². The summed E-state index contributed by atoms with van der Waals surface area (Å²) in [4.78, 5) is 11.4. The Morgan fingerprint density at radius 2 is 2.19 bits per heavy atom. The van der Waals surface area contributed by atoms with Gasteiger partial charge in [-0.05, 0) is 13.0 Å². The van der Waals surface area contributed by atoms with E-state index in [1.165, 1.54) is 0 Å². The number of pyridine rings is 1. The van der Waals surface area contributed by atoms with Crippen molar-refractivity contribution in [2.24, 2.45) is 0 Å². The molecule has 3 aromatic rings. The van der Waals surface area contributed by atoms with Gasteiger partial charge in [0.1, 0.15) is 11.4 Å². The molecular weight excluding hydrogens is 204 g/mol. The van der Waals surface area contributed by atoms with Crippen LogP contribution in [0.3, 0.4) is 0 Å². The number of H-pyrrole nitrogens is 1. The summed E-state index contributed by atoms with van der Waals surface area (Å²) < 4.78 is 5.43. The van der Waals surface area contributed by atoms with Crippen LogP contribution in [-0.4, -0.2) is 15.0 Å². The highest BCUT2D eigenvalue weighted by molar-refractivity contribution is 5.95. The number of nitrogens with two attached hydrogens (primary N) is 1. The zero-order chi connectivity index (χ0) is 11.1. The van der Waals surface area contributed by atoms with Gasteiger partial charge in [0, 0.05) is 17.8 Å². The Morgan fingerprint density at radius 3 is 2.94 bits per heavy atom. The van der Waals surface area contributed by atoms with E-state index in [2.05, 4.69) is 15.0 Å². The van der Waals surface area contributed by atoms with E-state index in [0.29, 0.717) is 11.6 Å². The van der Waals surface area contributed by atoms with E-state index >= 15 is 0 Å². The lowest BCUT2D eigenvalue weighted by Gasteiger charge is -2.01. The quantitative estimate of drug-likeness (QED) is 0.650. The fourth-order valence-electron chi connectivity index (χ4n) is 1.68. The zero-order valence-electron chi connectivity index (χ0n) is 8.69. The minimum Gasteiger partial charge on any atom is -0.441 e. The Labute approximate surface area is 91.3 Å². The van der Waals surface area contributed by atoms with E-state index in [0.717, 1.165) is 22.4 Å². The number of hydrogen-bond acceptors (Lipinski definition) is 4. The number of anilines is 1. The van der Waals surface area contributed by atoms with Crippen molar-refractivity contribution in [2.45, 2.75) is 6.92 Å². The molecule has 0 saturated carbocycles. The smallest absolute Gasteiger partial charge is 0.229 e. The summed E-state index contributed by atoms with van der Waals surface area (Å²) in [5.41, 5.74) is 8.17. The second-order valence-corrected chi connectivity index (χ2v) is 3.60. The molecule has 0 atom stereocenters. The molecule has 3 heterocycles. The van der Waals surface area contributed by atoms with E-state index < -0.39 is 0 Å². The van der Waals surface area contributed by atoms with Gasteiger partial charge < -0.3 is 15.1 Å². The van der Waals surface area contributed by atoms with Gasteiger partial charge in [-0.25, -0.2) is 9.97 Å². The van der Waals surface area contributed by atoms with Crippen LogP contribution in [0.25, 0.3) is 22.5 Å². The maximum absolute atomic E-state index is 6.04. The zero-order valence-corrected chi connectivity index (χ0v) is 8.69. The van der Waals surface area contributed by atoms with E-state index in [1.54, 1.807) is 18.6 Å². The van der Waals surface area contributed by atoms with Gasteiger partial charge in [0.2, 0.25) is 5.89 Å². The average molecular weight is 214 g/mol. The normalized spacial score (nSPS) is 11.1. The van der Waals surface area contributed by atoms with Crippen LogP contribution in [0, 0.1) is 6.92 Å². The summed E-state index contributed by atoms with van der Waals surface area (Å²) in [6, 6.07) is 1.89. The average Bonchev–Trinajstić information content (AvgIpc) is 2.87. The Balaban J connectivity index is 2.27. The summed E-state index contributed by atoms with van der Waals surface area (Å²) >= 11 is 0. The first-order valence-electron chi connectivity index (χ1n) is 4.90. The predicted molar refractivity (Wildman–Crippen MR) is 60.7 cm³/mol. The number of oxazole rings is 1. The molecule has 0 radical (unpaired) electrons. The predicted octanol–water partition coefficient (Wildman–Crippen LogP) is 2.11. The standard InChI is InChI=1S/C11H10N4O/c1-6-4-15-11(16-6)8-5-14-10-7(9(8)12)2-3-13-10/h2-5H,1H3,(H3,12,13,14). The minimum absolute atomic E-state index is 0.505. The van der Waals surface area contributed by atoms with Gasteiger partial charge in [0.15, 0.2) is 0 Å². The Bertz CT molecular complexity index is 653. The number of fused-ring (bicyclic) bond motifs is 1. The number of nitrogen functional groups attached to an aromatic ring is 1. The van der Waals surface area contributed by atoms with Gasteiger partial charge in [-0.1, -0.05) is 0 Å². The third-order valence-electron chi connectivity index (χ3n) is 2.48. The number of aromatic nitrogens is 3. The highest BCUT2D eigenvalue weighted by atomic mass is 16.4. The third-order valence-corrected chi connectivity index (χ3v) is 2.48. The molecule has 3 N–H and O–H groups in total. The lowest BCUT2D eigenvalue weighted by molar-refractivity contribution is 0.542. The van der Waals surface area contributed by atoms with Gasteiger partial charge >= 0.3 is 0 Å². The molecule has 0 aliphatic carbocycles. The van der Waals surface area contributed by atoms with Crippen LogP contribution >= 0.6 is 0 Å². The van der Waals surface area contributed by atoms with Crippen LogP contribution in [0.2, 0.25) is 0 Å². The van der Waals surface area contributed by atoms with E-state index in [1.807, 2.05) is 13.0 Å². The molecule has 0 aromatic carbocycles. The Hall–Kier alpha value is -2.30. The van der Waals surface area contributed by atoms with Crippen molar-refractivity contribution in [3.63, 3.8) is 0 Å². The molecule has 80 valence electrons. The molecule has 0 unspecified atom stereocenters. The fourth-order valence-corrected chi connectivity index (χ4v) is 1.68.